The number of likely N-dealkylation sites (N-methyl/N-ethyl adjacent to an activating group) is 1. The van der Waals surface area contributed by atoms with Crippen LogP contribution in [-0.2, 0) is 14.2 Å². The minimum atomic E-state index is -0.595. The van der Waals surface area contributed by atoms with Gasteiger partial charge in [0.05, 0.1) is 12.6 Å². The summed E-state index contributed by atoms with van der Waals surface area (Å²) in [6.45, 7) is 8.09. The lowest BCUT2D eigenvalue weighted by molar-refractivity contribution is -0.158. The van der Waals surface area contributed by atoms with Crippen molar-refractivity contribution in [3.63, 3.8) is 0 Å². The fourth-order valence-electron chi connectivity index (χ4n) is 2.90. The van der Waals surface area contributed by atoms with Crippen LogP contribution in [-0.4, -0.2) is 68.7 Å². The SMILES string of the molecule is [B][C@@H]1O[C@](CC)(COCCCC)[C@@H](OCCCC)[C@H]1N(C)O. The molecular formula is C16H32BNO4. The Bertz CT molecular complexity index is 306. The van der Waals surface area contributed by atoms with E-state index in [2.05, 4.69) is 13.8 Å². The Hall–Kier alpha value is -0.135. The van der Waals surface area contributed by atoms with Gasteiger partial charge in [-0.1, -0.05) is 33.6 Å². The summed E-state index contributed by atoms with van der Waals surface area (Å²) < 4.78 is 17.9. The van der Waals surface area contributed by atoms with Crippen LogP contribution in [0.1, 0.15) is 52.9 Å². The van der Waals surface area contributed by atoms with E-state index in [4.69, 9.17) is 22.1 Å². The van der Waals surface area contributed by atoms with Gasteiger partial charge >= 0.3 is 0 Å². The van der Waals surface area contributed by atoms with Crippen molar-refractivity contribution >= 4 is 7.85 Å². The van der Waals surface area contributed by atoms with Crippen molar-refractivity contribution in [2.75, 3.05) is 26.9 Å². The minimum Gasteiger partial charge on any atom is -0.378 e. The summed E-state index contributed by atoms with van der Waals surface area (Å²) >= 11 is 0. The van der Waals surface area contributed by atoms with Crippen molar-refractivity contribution in [3.8, 4) is 0 Å². The second-order valence-corrected chi connectivity index (χ2v) is 6.12. The maximum Gasteiger partial charge on any atom is 0.118 e. The molecule has 0 aromatic heterocycles. The van der Waals surface area contributed by atoms with Crippen LogP contribution >= 0.6 is 0 Å². The molecule has 1 fully saturated rings. The van der Waals surface area contributed by atoms with E-state index in [1.165, 1.54) is 0 Å². The van der Waals surface area contributed by atoms with Crippen molar-refractivity contribution in [2.24, 2.45) is 0 Å². The van der Waals surface area contributed by atoms with Crippen molar-refractivity contribution in [3.05, 3.63) is 0 Å². The normalized spacial score (nSPS) is 32.0. The summed E-state index contributed by atoms with van der Waals surface area (Å²) in [5, 5.41) is 11.1. The number of ether oxygens (including phenoxy) is 3. The third-order valence-corrected chi connectivity index (χ3v) is 4.35. The molecule has 1 heterocycles. The molecule has 1 rings (SSSR count). The first kappa shape index (κ1) is 19.9. The Labute approximate surface area is 136 Å². The minimum absolute atomic E-state index is 0.296. The molecule has 2 radical (unpaired) electrons. The van der Waals surface area contributed by atoms with Crippen molar-refractivity contribution in [1.82, 2.24) is 5.06 Å². The van der Waals surface area contributed by atoms with Gasteiger partial charge in [0.1, 0.15) is 19.6 Å². The maximum absolute atomic E-state index is 9.94. The van der Waals surface area contributed by atoms with E-state index in [1.54, 1.807) is 7.05 Å². The first-order chi connectivity index (χ1) is 10.5. The van der Waals surface area contributed by atoms with Crippen LogP contribution in [0.2, 0.25) is 0 Å². The maximum atomic E-state index is 9.94. The molecule has 0 saturated carbocycles. The van der Waals surface area contributed by atoms with Crippen molar-refractivity contribution < 1.29 is 19.4 Å². The summed E-state index contributed by atoms with van der Waals surface area (Å²) in [6.07, 6.45) is 4.59. The molecule has 0 amide bonds. The highest BCUT2D eigenvalue weighted by molar-refractivity contribution is 6.11. The quantitative estimate of drug-likeness (QED) is 0.360. The number of unbranched alkanes of at least 4 members (excludes halogenated alkanes) is 2. The number of rotatable bonds is 11. The number of nitrogens with zero attached hydrogens (tertiary/aromatic N) is 1. The largest absolute Gasteiger partial charge is 0.378 e. The van der Waals surface area contributed by atoms with Crippen LogP contribution < -0.4 is 0 Å². The standard InChI is InChI=1S/C16H32BNO4/c1-5-8-10-20-12-16(7-3)14(21-11-9-6-2)13(18(4)19)15(17)22-16/h13-15,19H,5-12H2,1-4H3/t13-,14+,15-,16-/m1/s1. The average molecular weight is 313 g/mol. The highest BCUT2D eigenvalue weighted by Gasteiger charge is 2.54. The first-order valence-corrected chi connectivity index (χ1v) is 8.56. The monoisotopic (exact) mass is 313 g/mol. The lowest BCUT2D eigenvalue weighted by Crippen LogP contribution is -2.52. The zero-order valence-electron chi connectivity index (χ0n) is 14.6. The van der Waals surface area contributed by atoms with E-state index < -0.39 is 11.6 Å². The Kier molecular flexibility index (Phi) is 8.94. The number of hydroxylamine groups is 2. The summed E-state index contributed by atoms with van der Waals surface area (Å²) in [7, 11) is 7.69. The van der Waals surface area contributed by atoms with E-state index in [-0.39, 0.29) is 12.1 Å². The second-order valence-electron chi connectivity index (χ2n) is 6.12. The molecule has 22 heavy (non-hydrogen) atoms. The highest BCUT2D eigenvalue weighted by atomic mass is 16.6. The summed E-state index contributed by atoms with van der Waals surface area (Å²) in [6, 6.07) is -0.970. The molecule has 1 saturated heterocycles. The van der Waals surface area contributed by atoms with Gasteiger partial charge in [-0.25, -0.2) is 0 Å². The van der Waals surface area contributed by atoms with E-state index >= 15 is 0 Å². The number of hydrogen-bond donors (Lipinski definition) is 1. The second kappa shape index (κ2) is 9.88. The molecule has 128 valence electrons. The molecule has 0 spiro atoms. The van der Waals surface area contributed by atoms with Gasteiger partial charge < -0.3 is 19.4 Å². The molecule has 6 heteroatoms. The van der Waals surface area contributed by atoms with E-state index in [1.807, 2.05) is 6.92 Å². The first-order valence-electron chi connectivity index (χ1n) is 8.56. The molecule has 5 nitrogen and oxygen atoms in total. The Morgan fingerprint density at radius 3 is 2.36 bits per heavy atom. The summed E-state index contributed by atoms with van der Waals surface area (Å²) in [4.78, 5) is 0. The molecule has 1 aliphatic heterocycles. The predicted molar refractivity (Wildman–Crippen MR) is 87.4 cm³/mol. The molecule has 0 aromatic rings. The van der Waals surface area contributed by atoms with Gasteiger partial charge in [-0.3, -0.25) is 0 Å². The fourth-order valence-corrected chi connectivity index (χ4v) is 2.90. The molecule has 0 unspecified atom stereocenters. The van der Waals surface area contributed by atoms with Gasteiger partial charge in [-0.15, -0.1) is 0 Å². The third-order valence-electron chi connectivity index (χ3n) is 4.35. The van der Waals surface area contributed by atoms with Crippen LogP contribution in [0.25, 0.3) is 0 Å². The molecule has 1 N–H and O–H groups in total. The lowest BCUT2D eigenvalue weighted by atomic mass is 9.86. The fraction of sp³-hybridized carbons (Fsp3) is 1.00. The molecular weight excluding hydrogens is 281 g/mol. The topological polar surface area (TPSA) is 51.2 Å². The van der Waals surface area contributed by atoms with E-state index in [9.17, 15) is 5.21 Å². The van der Waals surface area contributed by atoms with Crippen LogP contribution in [0.4, 0.5) is 0 Å². The van der Waals surface area contributed by atoms with Crippen LogP contribution in [0.5, 0.6) is 0 Å². The smallest absolute Gasteiger partial charge is 0.118 e. The summed E-state index contributed by atoms with van der Waals surface area (Å²) in [5.41, 5.74) is -0.595. The predicted octanol–water partition coefficient (Wildman–Crippen LogP) is 2.35. The van der Waals surface area contributed by atoms with Crippen molar-refractivity contribution in [1.29, 1.82) is 0 Å². The van der Waals surface area contributed by atoms with Gasteiger partial charge in [0, 0.05) is 26.3 Å². The van der Waals surface area contributed by atoms with Crippen LogP contribution in [0.3, 0.4) is 0 Å². The molecule has 0 bridgehead atoms. The Morgan fingerprint density at radius 2 is 1.82 bits per heavy atom. The Balaban J connectivity index is 2.80. The van der Waals surface area contributed by atoms with Crippen LogP contribution in [0.15, 0.2) is 0 Å². The van der Waals surface area contributed by atoms with E-state index in [0.29, 0.717) is 19.8 Å². The molecule has 1 aliphatic rings. The molecule has 0 aliphatic carbocycles. The summed E-state index contributed by atoms with van der Waals surface area (Å²) in [5.74, 6) is 0. The third kappa shape index (κ3) is 4.93. The van der Waals surface area contributed by atoms with Gasteiger partial charge in [0.15, 0.2) is 0 Å². The molecule has 4 atom stereocenters. The van der Waals surface area contributed by atoms with Gasteiger partial charge in [0.2, 0.25) is 0 Å². The van der Waals surface area contributed by atoms with E-state index in [0.717, 1.165) is 37.2 Å². The zero-order valence-corrected chi connectivity index (χ0v) is 14.6. The number of hydrogen-bond acceptors (Lipinski definition) is 5. The van der Waals surface area contributed by atoms with Crippen LogP contribution in [0, 0.1) is 0 Å². The van der Waals surface area contributed by atoms with Gasteiger partial charge in [-0.2, -0.15) is 5.06 Å². The Morgan fingerprint density at radius 1 is 1.18 bits per heavy atom. The zero-order chi connectivity index (χ0) is 16.6. The molecule has 0 aromatic carbocycles. The van der Waals surface area contributed by atoms with Gasteiger partial charge in [-0.05, 0) is 19.3 Å². The lowest BCUT2D eigenvalue weighted by Gasteiger charge is -2.35. The van der Waals surface area contributed by atoms with Crippen molar-refractivity contribution in [2.45, 2.75) is 76.6 Å². The average Bonchev–Trinajstić information content (AvgIpc) is 2.77. The van der Waals surface area contributed by atoms with Gasteiger partial charge in [0.25, 0.3) is 0 Å². The highest BCUT2D eigenvalue weighted by Crippen LogP contribution is 2.37.